The highest BCUT2D eigenvalue weighted by Gasteiger charge is 2.24. The van der Waals surface area contributed by atoms with E-state index in [2.05, 4.69) is 114 Å². The molecule has 0 radical (unpaired) electrons. The van der Waals surface area contributed by atoms with E-state index in [4.69, 9.17) is 4.42 Å². The first-order valence-electron chi connectivity index (χ1n) is 19.8. The van der Waals surface area contributed by atoms with Crippen LogP contribution in [0.1, 0.15) is 35.1 Å². The highest BCUT2D eigenvalue weighted by molar-refractivity contribution is 6.12. The molecule has 0 amide bonds. The fraction of sp³-hybridized carbons (Fsp3) is 0.0370. The second-order valence-corrected chi connectivity index (χ2v) is 15.0. The van der Waals surface area contributed by atoms with Crippen LogP contribution in [0.5, 0.6) is 11.5 Å². The van der Waals surface area contributed by atoms with Crippen LogP contribution in [0, 0.1) is 0 Å². The molecular weight excluding hydrogens is 725 g/mol. The summed E-state index contributed by atoms with van der Waals surface area (Å²) >= 11 is 0. The first-order valence-corrected chi connectivity index (χ1v) is 19.8. The van der Waals surface area contributed by atoms with E-state index in [1.54, 1.807) is 12.1 Å². The molecule has 3 heterocycles. The number of allylic oxidation sites excluding steroid dienone is 11. The van der Waals surface area contributed by atoms with E-state index in [1.807, 2.05) is 78.9 Å². The molecule has 1 aromatic heterocycles. The van der Waals surface area contributed by atoms with Crippen molar-refractivity contribution in [3.05, 3.63) is 223 Å². The van der Waals surface area contributed by atoms with Gasteiger partial charge in [-0.05, 0) is 125 Å². The zero-order valence-corrected chi connectivity index (χ0v) is 32.3. The predicted octanol–water partition coefficient (Wildman–Crippen LogP) is 14.1. The van der Waals surface area contributed by atoms with Crippen LogP contribution < -0.4 is 9.80 Å². The molecule has 0 spiro atoms. The van der Waals surface area contributed by atoms with Gasteiger partial charge in [0, 0.05) is 56.8 Å². The minimum atomic E-state index is 0.244. The Hall–Kier alpha value is -7.76. The molecule has 0 bridgehead atoms. The number of fused-ring (bicyclic) bond motifs is 6. The summed E-state index contributed by atoms with van der Waals surface area (Å²) in [6.07, 6.45) is 20.7. The van der Waals surface area contributed by atoms with Crippen LogP contribution >= 0.6 is 0 Å². The van der Waals surface area contributed by atoms with Gasteiger partial charge in [-0.15, -0.1) is 0 Å². The molecule has 59 heavy (non-hydrogen) atoms. The highest BCUT2D eigenvalue weighted by Crippen LogP contribution is 2.44. The van der Waals surface area contributed by atoms with Crippen LogP contribution in [-0.2, 0) is 0 Å². The first kappa shape index (κ1) is 35.6. The minimum Gasteiger partial charge on any atom is -0.507 e. The Morgan fingerprint density at radius 3 is 2.19 bits per heavy atom. The second kappa shape index (κ2) is 14.6. The van der Waals surface area contributed by atoms with E-state index in [-0.39, 0.29) is 11.5 Å². The quantitative estimate of drug-likeness (QED) is 0.183. The molecule has 0 atom stereocenters. The molecule has 0 saturated heterocycles. The predicted molar refractivity (Wildman–Crippen MR) is 245 cm³/mol. The van der Waals surface area contributed by atoms with Crippen LogP contribution in [-0.4, -0.2) is 10.2 Å². The van der Waals surface area contributed by atoms with Crippen molar-refractivity contribution in [1.82, 2.24) is 0 Å². The topological polar surface area (TPSA) is 60.1 Å². The third kappa shape index (κ3) is 6.39. The molecule has 284 valence electrons. The summed E-state index contributed by atoms with van der Waals surface area (Å²) in [4.78, 5) is 4.38. The number of nitrogens with zero attached hydrogens (tertiary/aromatic N) is 2. The lowest BCUT2D eigenvalue weighted by atomic mass is 9.93. The van der Waals surface area contributed by atoms with Gasteiger partial charge in [-0.3, -0.25) is 0 Å². The molecule has 1 aliphatic carbocycles. The van der Waals surface area contributed by atoms with Gasteiger partial charge >= 0.3 is 0 Å². The van der Waals surface area contributed by atoms with Gasteiger partial charge in [-0.1, -0.05) is 104 Å². The van der Waals surface area contributed by atoms with Crippen molar-refractivity contribution in [2.24, 2.45) is 0 Å². The Kier molecular flexibility index (Phi) is 8.84. The summed E-state index contributed by atoms with van der Waals surface area (Å²) in [5, 5.41) is 23.3. The van der Waals surface area contributed by atoms with Crippen molar-refractivity contribution in [2.75, 3.05) is 9.80 Å². The van der Waals surface area contributed by atoms with E-state index in [0.717, 1.165) is 113 Å². The number of hydrogen-bond acceptors (Lipinski definition) is 5. The van der Waals surface area contributed by atoms with Gasteiger partial charge in [0.25, 0.3) is 0 Å². The average Bonchev–Trinajstić information content (AvgIpc) is 3.63. The summed E-state index contributed by atoms with van der Waals surface area (Å²) in [7, 11) is 0. The normalized spacial score (nSPS) is 17.7. The van der Waals surface area contributed by atoms with E-state index in [9.17, 15) is 10.2 Å². The van der Waals surface area contributed by atoms with Crippen LogP contribution in [0.2, 0.25) is 0 Å². The third-order valence-electron chi connectivity index (χ3n) is 11.4. The number of phenolic OH excluding ortho intramolecular Hbond substituents is 2. The molecular formula is C54H40N2O3. The standard InChI is InChI=1S/C54H40N2O3/c1-35-13-9-10-29-55(41-16-11-14-39(32-41)44-19-4-7-22-50(44)57)49-26-25-46-47-34-37(24-27-52(47)59-54(46)53(35)49)38-28-30-56(48-21-6-3-18-43(48)36(2)31-38)42-17-12-15-40(33-42)45-20-5-8-23-51(45)58/h3-10,12-13,15-34,57-58H,1-2,11,14H2/b13-9-,29-10-,30-28-,38-31+. The fourth-order valence-corrected chi connectivity index (χ4v) is 8.48. The Morgan fingerprint density at radius 1 is 0.576 bits per heavy atom. The van der Waals surface area contributed by atoms with Gasteiger partial charge in [0.2, 0.25) is 0 Å². The van der Waals surface area contributed by atoms with Crippen LogP contribution in [0.25, 0.3) is 55.4 Å². The zero-order valence-electron chi connectivity index (χ0n) is 32.3. The maximum absolute atomic E-state index is 10.7. The summed E-state index contributed by atoms with van der Waals surface area (Å²) in [6.45, 7) is 9.06. The Balaban J connectivity index is 1.06. The number of benzene rings is 6. The zero-order chi connectivity index (χ0) is 40.0. The molecule has 5 heteroatoms. The van der Waals surface area contributed by atoms with Crippen LogP contribution in [0.15, 0.2) is 206 Å². The average molecular weight is 765 g/mol. The van der Waals surface area contributed by atoms with Crippen molar-refractivity contribution >= 4 is 61.3 Å². The lowest BCUT2D eigenvalue weighted by molar-refractivity contribution is 0.473. The van der Waals surface area contributed by atoms with Crippen molar-refractivity contribution in [1.29, 1.82) is 0 Å². The number of anilines is 3. The number of para-hydroxylation sites is 3. The van der Waals surface area contributed by atoms with Crippen LogP contribution in [0.3, 0.4) is 0 Å². The fourth-order valence-electron chi connectivity index (χ4n) is 8.48. The summed E-state index contributed by atoms with van der Waals surface area (Å²) in [6, 6.07) is 42.2. The van der Waals surface area contributed by atoms with Gasteiger partial charge in [0.1, 0.15) is 22.7 Å². The third-order valence-corrected chi connectivity index (χ3v) is 11.4. The van der Waals surface area contributed by atoms with E-state index in [1.165, 1.54) is 0 Å². The first-order chi connectivity index (χ1) is 28.9. The molecule has 5 nitrogen and oxygen atoms in total. The minimum absolute atomic E-state index is 0.244. The number of hydrogen-bond donors (Lipinski definition) is 2. The van der Waals surface area contributed by atoms with Gasteiger partial charge in [-0.25, -0.2) is 0 Å². The van der Waals surface area contributed by atoms with Gasteiger partial charge < -0.3 is 24.4 Å². The molecule has 0 saturated carbocycles. The monoisotopic (exact) mass is 764 g/mol. The van der Waals surface area contributed by atoms with Crippen LogP contribution in [0.4, 0.5) is 17.1 Å². The summed E-state index contributed by atoms with van der Waals surface area (Å²) in [5.41, 5.74) is 14.9. The van der Waals surface area contributed by atoms with E-state index >= 15 is 0 Å². The van der Waals surface area contributed by atoms with Gasteiger partial charge in [0.15, 0.2) is 0 Å². The molecule has 3 aliphatic rings. The SMILES string of the molecule is C=C1/C=C(c2ccc3oc4c5c(ccc4c3c2)N(C2=CCCC(c3ccccc3O)=C2)/C=C\C=C/C5=C)\C=C/N(c2cccc(-c3ccccc3O)c2)c2ccccc21. The molecule has 0 fully saturated rings. The van der Waals surface area contributed by atoms with E-state index in [0.29, 0.717) is 0 Å². The number of aromatic hydroxyl groups is 2. The van der Waals surface area contributed by atoms with Crippen molar-refractivity contribution in [3.63, 3.8) is 0 Å². The lowest BCUT2D eigenvalue weighted by Gasteiger charge is -2.28. The molecule has 0 unspecified atom stereocenters. The Bertz CT molecular complexity index is 3080. The second-order valence-electron chi connectivity index (χ2n) is 15.0. The molecule has 6 aromatic carbocycles. The summed E-state index contributed by atoms with van der Waals surface area (Å²) in [5.74, 6) is 0.532. The molecule has 2 aliphatic heterocycles. The van der Waals surface area contributed by atoms with Gasteiger partial charge in [0.05, 0.1) is 11.4 Å². The molecule has 7 aromatic rings. The molecule has 2 N–H and O–H groups in total. The Labute approximate surface area is 343 Å². The van der Waals surface area contributed by atoms with Crippen molar-refractivity contribution < 1.29 is 14.6 Å². The smallest absolute Gasteiger partial charge is 0.145 e. The largest absolute Gasteiger partial charge is 0.507 e. The van der Waals surface area contributed by atoms with Crippen molar-refractivity contribution in [3.8, 4) is 22.6 Å². The number of phenols is 2. The van der Waals surface area contributed by atoms with Crippen molar-refractivity contribution in [2.45, 2.75) is 12.8 Å². The number of furan rings is 1. The van der Waals surface area contributed by atoms with E-state index < -0.39 is 0 Å². The maximum atomic E-state index is 10.7. The highest BCUT2D eigenvalue weighted by atomic mass is 16.3. The maximum Gasteiger partial charge on any atom is 0.145 e. The summed E-state index contributed by atoms with van der Waals surface area (Å²) < 4.78 is 6.75. The number of rotatable bonds is 5. The lowest BCUT2D eigenvalue weighted by Crippen LogP contribution is -2.18. The Morgan fingerprint density at radius 2 is 1.36 bits per heavy atom. The van der Waals surface area contributed by atoms with Gasteiger partial charge in [-0.2, -0.15) is 0 Å². The molecule has 10 rings (SSSR count).